The summed E-state index contributed by atoms with van der Waals surface area (Å²) in [6.07, 6.45) is 4.17. The van der Waals surface area contributed by atoms with Crippen LogP contribution in [0.15, 0.2) is 29.0 Å². The van der Waals surface area contributed by atoms with E-state index in [9.17, 15) is 0 Å². The van der Waals surface area contributed by atoms with Gasteiger partial charge in [-0.15, -0.1) is 0 Å². The quantitative estimate of drug-likeness (QED) is 0.812. The SMILES string of the molecule is c1cc2ncc(N3CC4CNCC(C3)O4)cc2o1. The summed E-state index contributed by atoms with van der Waals surface area (Å²) in [5, 5.41) is 3.40. The molecule has 0 saturated carbocycles. The van der Waals surface area contributed by atoms with Crippen LogP contribution in [0, 0.1) is 0 Å². The largest absolute Gasteiger partial charge is 0.463 e. The van der Waals surface area contributed by atoms with E-state index in [4.69, 9.17) is 9.15 Å². The normalized spacial score (nSPS) is 27.7. The lowest BCUT2D eigenvalue weighted by Gasteiger charge is -2.42. The number of nitrogens with one attached hydrogen (secondary N) is 1. The summed E-state index contributed by atoms with van der Waals surface area (Å²) in [6, 6.07) is 3.95. The van der Waals surface area contributed by atoms with Gasteiger partial charge in [0.1, 0.15) is 5.52 Å². The molecular weight excluding hydrogens is 230 g/mol. The number of hydrogen-bond donors (Lipinski definition) is 1. The second kappa shape index (κ2) is 3.96. The highest BCUT2D eigenvalue weighted by Crippen LogP contribution is 2.24. The molecule has 2 unspecified atom stereocenters. The van der Waals surface area contributed by atoms with Crippen LogP contribution in [-0.4, -0.2) is 43.4 Å². The van der Waals surface area contributed by atoms with Gasteiger partial charge < -0.3 is 19.4 Å². The fraction of sp³-hybridized carbons (Fsp3) is 0.462. The van der Waals surface area contributed by atoms with Crippen molar-refractivity contribution < 1.29 is 9.15 Å². The first kappa shape index (κ1) is 10.3. The number of rotatable bonds is 1. The first-order valence-electron chi connectivity index (χ1n) is 6.33. The van der Waals surface area contributed by atoms with Gasteiger partial charge in [-0.1, -0.05) is 0 Å². The van der Waals surface area contributed by atoms with Crippen molar-refractivity contribution in [3.8, 4) is 0 Å². The van der Waals surface area contributed by atoms with E-state index in [1.54, 1.807) is 6.26 Å². The second-order valence-corrected chi connectivity index (χ2v) is 4.94. The van der Waals surface area contributed by atoms with E-state index in [-0.39, 0.29) is 12.2 Å². The molecule has 4 rings (SSSR count). The number of furan rings is 1. The van der Waals surface area contributed by atoms with Crippen molar-refractivity contribution >= 4 is 16.8 Å². The molecule has 2 aromatic heterocycles. The number of nitrogens with zero attached hydrogens (tertiary/aromatic N) is 2. The van der Waals surface area contributed by atoms with E-state index in [1.165, 1.54) is 0 Å². The van der Waals surface area contributed by atoms with Crippen LogP contribution in [0.25, 0.3) is 11.1 Å². The Labute approximate surface area is 105 Å². The van der Waals surface area contributed by atoms with Crippen molar-refractivity contribution in [2.24, 2.45) is 0 Å². The molecule has 2 aliphatic heterocycles. The average Bonchev–Trinajstić information content (AvgIpc) is 2.85. The number of aromatic nitrogens is 1. The van der Waals surface area contributed by atoms with Crippen molar-refractivity contribution in [2.45, 2.75) is 12.2 Å². The molecule has 0 aromatic carbocycles. The van der Waals surface area contributed by atoms with E-state index >= 15 is 0 Å². The number of anilines is 1. The van der Waals surface area contributed by atoms with Crippen LogP contribution < -0.4 is 10.2 Å². The standard InChI is InChI=1S/C13H15N3O2/c1-2-17-13-3-9(4-15-12(1)13)16-7-10-5-14-6-11(8-16)18-10/h1-4,10-11,14H,5-8H2. The van der Waals surface area contributed by atoms with Gasteiger partial charge in [0.25, 0.3) is 0 Å². The maximum absolute atomic E-state index is 5.90. The lowest BCUT2D eigenvalue weighted by atomic mass is 10.1. The zero-order valence-corrected chi connectivity index (χ0v) is 10.0. The molecule has 4 heterocycles. The number of morpholine rings is 2. The summed E-state index contributed by atoms with van der Waals surface area (Å²) in [5.74, 6) is 0. The Bertz CT molecular complexity index is 556. The van der Waals surface area contributed by atoms with Gasteiger partial charge in [0.2, 0.25) is 0 Å². The summed E-state index contributed by atoms with van der Waals surface area (Å²) in [7, 11) is 0. The molecule has 2 saturated heterocycles. The summed E-state index contributed by atoms with van der Waals surface area (Å²) < 4.78 is 11.3. The van der Waals surface area contributed by atoms with E-state index in [0.717, 1.165) is 43.0 Å². The Balaban J connectivity index is 1.65. The van der Waals surface area contributed by atoms with Crippen molar-refractivity contribution in [1.29, 1.82) is 0 Å². The van der Waals surface area contributed by atoms with E-state index in [1.807, 2.05) is 12.3 Å². The topological polar surface area (TPSA) is 50.5 Å². The minimum Gasteiger partial charge on any atom is -0.463 e. The summed E-state index contributed by atoms with van der Waals surface area (Å²) in [6.45, 7) is 3.70. The van der Waals surface area contributed by atoms with Crippen LogP contribution >= 0.6 is 0 Å². The molecule has 0 radical (unpaired) electrons. The van der Waals surface area contributed by atoms with Gasteiger partial charge in [0, 0.05) is 38.3 Å². The fourth-order valence-corrected chi connectivity index (χ4v) is 2.77. The predicted octanol–water partition coefficient (Wildman–Crippen LogP) is 1.00. The minimum absolute atomic E-state index is 0.282. The molecule has 0 amide bonds. The van der Waals surface area contributed by atoms with Crippen LogP contribution in [0.3, 0.4) is 0 Å². The minimum atomic E-state index is 0.282. The summed E-state index contributed by atoms with van der Waals surface area (Å²) in [5.41, 5.74) is 2.88. The highest BCUT2D eigenvalue weighted by Gasteiger charge is 2.31. The molecule has 1 N–H and O–H groups in total. The Kier molecular flexibility index (Phi) is 2.28. The Morgan fingerprint density at radius 2 is 2.11 bits per heavy atom. The second-order valence-electron chi connectivity index (χ2n) is 4.94. The lowest BCUT2D eigenvalue weighted by Crippen LogP contribution is -2.58. The van der Waals surface area contributed by atoms with E-state index < -0.39 is 0 Å². The Morgan fingerprint density at radius 3 is 2.94 bits per heavy atom. The number of hydrogen-bond acceptors (Lipinski definition) is 5. The molecule has 2 aliphatic rings. The maximum atomic E-state index is 5.90. The fourth-order valence-electron chi connectivity index (χ4n) is 2.77. The zero-order chi connectivity index (χ0) is 11.9. The molecule has 0 aliphatic carbocycles. The molecule has 2 fully saturated rings. The van der Waals surface area contributed by atoms with Gasteiger partial charge in [-0.3, -0.25) is 4.98 Å². The molecule has 2 bridgehead atoms. The van der Waals surface area contributed by atoms with Crippen molar-refractivity contribution in [1.82, 2.24) is 10.3 Å². The van der Waals surface area contributed by atoms with Crippen molar-refractivity contribution in [2.75, 3.05) is 31.1 Å². The predicted molar refractivity (Wildman–Crippen MR) is 67.8 cm³/mol. The molecule has 2 aromatic rings. The van der Waals surface area contributed by atoms with Gasteiger partial charge in [0.05, 0.1) is 30.4 Å². The van der Waals surface area contributed by atoms with Crippen molar-refractivity contribution in [3.63, 3.8) is 0 Å². The van der Waals surface area contributed by atoms with Gasteiger partial charge >= 0.3 is 0 Å². The first-order valence-corrected chi connectivity index (χ1v) is 6.33. The monoisotopic (exact) mass is 245 g/mol. The Morgan fingerprint density at radius 1 is 1.28 bits per heavy atom. The van der Waals surface area contributed by atoms with Gasteiger partial charge in [-0.2, -0.15) is 0 Å². The highest BCUT2D eigenvalue weighted by atomic mass is 16.5. The van der Waals surface area contributed by atoms with E-state index in [2.05, 4.69) is 21.3 Å². The maximum Gasteiger partial charge on any atom is 0.154 e. The highest BCUT2D eigenvalue weighted by molar-refractivity contribution is 5.76. The average molecular weight is 245 g/mol. The molecular formula is C13H15N3O2. The van der Waals surface area contributed by atoms with Gasteiger partial charge in [-0.05, 0) is 0 Å². The number of fused-ring (bicyclic) bond motifs is 3. The molecule has 94 valence electrons. The van der Waals surface area contributed by atoms with Gasteiger partial charge in [0.15, 0.2) is 5.58 Å². The van der Waals surface area contributed by atoms with Crippen LogP contribution in [0.2, 0.25) is 0 Å². The van der Waals surface area contributed by atoms with Crippen LogP contribution in [0.4, 0.5) is 5.69 Å². The molecule has 5 nitrogen and oxygen atoms in total. The Hall–Kier alpha value is -1.59. The molecule has 0 spiro atoms. The molecule has 5 heteroatoms. The van der Waals surface area contributed by atoms with Gasteiger partial charge in [-0.25, -0.2) is 0 Å². The third kappa shape index (κ3) is 1.67. The first-order chi connectivity index (χ1) is 8.88. The number of pyridine rings is 1. The third-order valence-corrected chi connectivity index (χ3v) is 3.63. The van der Waals surface area contributed by atoms with Crippen LogP contribution in [0.1, 0.15) is 0 Å². The molecule has 18 heavy (non-hydrogen) atoms. The third-order valence-electron chi connectivity index (χ3n) is 3.63. The van der Waals surface area contributed by atoms with Crippen LogP contribution in [0.5, 0.6) is 0 Å². The number of ether oxygens (including phenoxy) is 1. The lowest BCUT2D eigenvalue weighted by molar-refractivity contribution is -0.0484. The molecule has 2 atom stereocenters. The van der Waals surface area contributed by atoms with Crippen molar-refractivity contribution in [3.05, 3.63) is 24.6 Å². The summed E-state index contributed by atoms with van der Waals surface area (Å²) in [4.78, 5) is 6.76. The van der Waals surface area contributed by atoms with Crippen LogP contribution in [-0.2, 0) is 4.74 Å². The van der Waals surface area contributed by atoms with E-state index in [0.29, 0.717) is 0 Å². The zero-order valence-electron chi connectivity index (χ0n) is 10.0. The summed E-state index contributed by atoms with van der Waals surface area (Å²) >= 11 is 0. The smallest absolute Gasteiger partial charge is 0.154 e.